The molecule has 0 spiro atoms. The number of aromatic nitrogens is 2. The van der Waals surface area contributed by atoms with Crippen molar-refractivity contribution >= 4 is 5.96 Å². The summed E-state index contributed by atoms with van der Waals surface area (Å²) in [5.74, 6) is 2.06. The Labute approximate surface area is 150 Å². The second kappa shape index (κ2) is 9.20. The van der Waals surface area contributed by atoms with Crippen molar-refractivity contribution in [3.8, 4) is 0 Å². The van der Waals surface area contributed by atoms with Gasteiger partial charge in [0.1, 0.15) is 11.9 Å². The van der Waals surface area contributed by atoms with Crippen LogP contribution in [0.2, 0.25) is 0 Å². The summed E-state index contributed by atoms with van der Waals surface area (Å²) in [7, 11) is 1.85. The normalized spacial score (nSPS) is 24.7. The first-order valence-electron chi connectivity index (χ1n) is 9.44. The van der Waals surface area contributed by atoms with E-state index >= 15 is 0 Å². The van der Waals surface area contributed by atoms with E-state index in [0.29, 0.717) is 0 Å². The molecule has 1 aromatic heterocycles. The van der Waals surface area contributed by atoms with E-state index in [-0.39, 0.29) is 12.2 Å². The fourth-order valence-electron chi connectivity index (χ4n) is 3.57. The van der Waals surface area contributed by atoms with Crippen LogP contribution in [0, 0.1) is 6.92 Å². The molecule has 2 fully saturated rings. The fraction of sp³-hybridized carbons (Fsp3) is 0.778. The number of imidazole rings is 1. The molecule has 0 radical (unpaired) electrons. The van der Waals surface area contributed by atoms with Gasteiger partial charge in [0.2, 0.25) is 0 Å². The van der Waals surface area contributed by atoms with Gasteiger partial charge in [-0.15, -0.1) is 0 Å². The molecule has 0 aliphatic carbocycles. The standard InChI is InChI=1S/C18H31N5O2/c1-15-20-8-10-22(15)9-4-3-7-21-18(19-2)23-11-13-25-17(14-23)16-6-5-12-24-16/h8,10,16-17H,3-7,9,11-14H2,1-2H3,(H,19,21). The monoisotopic (exact) mass is 349 g/mol. The van der Waals surface area contributed by atoms with E-state index in [9.17, 15) is 0 Å². The molecule has 2 aliphatic heterocycles. The van der Waals surface area contributed by atoms with Crippen molar-refractivity contribution in [2.24, 2.45) is 4.99 Å². The predicted molar refractivity (Wildman–Crippen MR) is 97.8 cm³/mol. The van der Waals surface area contributed by atoms with Gasteiger partial charge in [0.05, 0.1) is 12.7 Å². The summed E-state index contributed by atoms with van der Waals surface area (Å²) in [6.45, 7) is 7.35. The fourth-order valence-corrected chi connectivity index (χ4v) is 3.57. The number of hydrogen-bond acceptors (Lipinski definition) is 4. The summed E-state index contributed by atoms with van der Waals surface area (Å²) in [6, 6.07) is 0. The Morgan fingerprint density at radius 2 is 2.20 bits per heavy atom. The zero-order chi connectivity index (χ0) is 17.5. The molecule has 3 rings (SSSR count). The zero-order valence-corrected chi connectivity index (χ0v) is 15.5. The van der Waals surface area contributed by atoms with E-state index in [4.69, 9.17) is 9.47 Å². The Morgan fingerprint density at radius 1 is 1.32 bits per heavy atom. The van der Waals surface area contributed by atoms with Gasteiger partial charge in [-0.05, 0) is 32.6 Å². The molecule has 7 heteroatoms. The van der Waals surface area contributed by atoms with Crippen LogP contribution in [-0.4, -0.2) is 72.5 Å². The van der Waals surface area contributed by atoms with E-state index in [1.54, 1.807) is 0 Å². The van der Waals surface area contributed by atoms with Crippen LogP contribution >= 0.6 is 0 Å². The van der Waals surface area contributed by atoms with Gasteiger partial charge < -0.3 is 24.3 Å². The molecule has 25 heavy (non-hydrogen) atoms. The maximum absolute atomic E-state index is 5.92. The highest BCUT2D eigenvalue weighted by molar-refractivity contribution is 5.80. The molecule has 0 aromatic carbocycles. The first-order valence-corrected chi connectivity index (χ1v) is 9.44. The first kappa shape index (κ1) is 18.2. The van der Waals surface area contributed by atoms with Gasteiger partial charge in [-0.3, -0.25) is 4.99 Å². The van der Waals surface area contributed by atoms with Crippen molar-refractivity contribution in [3.63, 3.8) is 0 Å². The Morgan fingerprint density at radius 3 is 2.92 bits per heavy atom. The number of aliphatic imine (C=N–C) groups is 1. The van der Waals surface area contributed by atoms with Crippen molar-refractivity contribution in [1.82, 2.24) is 19.8 Å². The quantitative estimate of drug-likeness (QED) is 0.478. The number of nitrogens with zero attached hydrogens (tertiary/aromatic N) is 4. The lowest BCUT2D eigenvalue weighted by atomic mass is 10.1. The summed E-state index contributed by atoms with van der Waals surface area (Å²) in [5.41, 5.74) is 0. The third-order valence-electron chi connectivity index (χ3n) is 5.02. The number of guanidine groups is 1. The van der Waals surface area contributed by atoms with E-state index < -0.39 is 0 Å². The van der Waals surface area contributed by atoms with Gasteiger partial charge >= 0.3 is 0 Å². The van der Waals surface area contributed by atoms with Gasteiger partial charge in [-0.25, -0.2) is 4.98 Å². The summed E-state index contributed by atoms with van der Waals surface area (Å²) >= 11 is 0. The van der Waals surface area contributed by atoms with E-state index in [1.165, 1.54) is 0 Å². The number of nitrogens with one attached hydrogen (secondary N) is 1. The van der Waals surface area contributed by atoms with Crippen molar-refractivity contribution in [3.05, 3.63) is 18.2 Å². The second-order valence-electron chi connectivity index (χ2n) is 6.76. The van der Waals surface area contributed by atoms with E-state index in [2.05, 4.69) is 24.8 Å². The lowest BCUT2D eigenvalue weighted by molar-refractivity contribution is -0.0816. The van der Waals surface area contributed by atoms with Crippen molar-refractivity contribution in [2.75, 3.05) is 39.9 Å². The molecule has 2 aliphatic rings. The minimum absolute atomic E-state index is 0.166. The minimum Gasteiger partial charge on any atom is -0.375 e. The molecule has 1 N–H and O–H groups in total. The molecule has 140 valence electrons. The smallest absolute Gasteiger partial charge is 0.193 e. The van der Waals surface area contributed by atoms with Crippen LogP contribution in [0.3, 0.4) is 0 Å². The van der Waals surface area contributed by atoms with Crippen LogP contribution in [0.4, 0.5) is 0 Å². The lowest BCUT2D eigenvalue weighted by Gasteiger charge is -2.37. The highest BCUT2D eigenvalue weighted by atomic mass is 16.5. The molecule has 2 atom stereocenters. The second-order valence-corrected chi connectivity index (χ2v) is 6.76. The van der Waals surface area contributed by atoms with Crippen LogP contribution in [0.25, 0.3) is 0 Å². The number of morpholine rings is 1. The molecule has 7 nitrogen and oxygen atoms in total. The SMILES string of the molecule is CN=C(NCCCCn1ccnc1C)N1CCOC(C2CCCO2)C1. The summed E-state index contributed by atoms with van der Waals surface area (Å²) in [4.78, 5) is 11.0. The van der Waals surface area contributed by atoms with Crippen molar-refractivity contribution < 1.29 is 9.47 Å². The molecule has 0 bridgehead atoms. The van der Waals surface area contributed by atoms with E-state index in [1.807, 2.05) is 26.4 Å². The summed E-state index contributed by atoms with van der Waals surface area (Å²) in [6.07, 6.45) is 8.81. The molecule has 1 aromatic rings. The largest absolute Gasteiger partial charge is 0.375 e. The third-order valence-corrected chi connectivity index (χ3v) is 5.02. The molecular weight excluding hydrogens is 318 g/mol. The highest BCUT2D eigenvalue weighted by Crippen LogP contribution is 2.21. The number of hydrogen-bond donors (Lipinski definition) is 1. The van der Waals surface area contributed by atoms with Crippen LogP contribution < -0.4 is 5.32 Å². The minimum atomic E-state index is 0.166. The van der Waals surface area contributed by atoms with Crippen LogP contribution in [-0.2, 0) is 16.0 Å². The average Bonchev–Trinajstić information content (AvgIpc) is 3.30. The van der Waals surface area contributed by atoms with Crippen LogP contribution in [0.15, 0.2) is 17.4 Å². The highest BCUT2D eigenvalue weighted by Gasteiger charge is 2.32. The number of rotatable bonds is 6. The first-order chi connectivity index (χ1) is 12.3. The Balaban J connectivity index is 1.39. The maximum Gasteiger partial charge on any atom is 0.193 e. The van der Waals surface area contributed by atoms with Gasteiger partial charge in [0, 0.05) is 52.2 Å². The van der Waals surface area contributed by atoms with Crippen molar-refractivity contribution in [1.29, 1.82) is 0 Å². The van der Waals surface area contributed by atoms with Gasteiger partial charge in [-0.1, -0.05) is 0 Å². The van der Waals surface area contributed by atoms with Gasteiger partial charge in [-0.2, -0.15) is 0 Å². The Kier molecular flexibility index (Phi) is 6.69. The van der Waals surface area contributed by atoms with E-state index in [0.717, 1.165) is 76.9 Å². The topological polar surface area (TPSA) is 63.9 Å². The summed E-state index contributed by atoms with van der Waals surface area (Å²) < 4.78 is 13.9. The van der Waals surface area contributed by atoms with Gasteiger partial charge in [0.25, 0.3) is 0 Å². The number of aryl methyl sites for hydroxylation is 2. The number of unbranched alkanes of at least 4 members (excludes halogenated alkanes) is 1. The Hall–Kier alpha value is -1.60. The zero-order valence-electron chi connectivity index (χ0n) is 15.5. The van der Waals surface area contributed by atoms with Gasteiger partial charge in [0.15, 0.2) is 5.96 Å². The average molecular weight is 349 g/mol. The Bertz CT molecular complexity index is 553. The molecule has 0 amide bonds. The molecule has 2 unspecified atom stereocenters. The number of ether oxygens (including phenoxy) is 2. The van der Waals surface area contributed by atoms with Crippen LogP contribution in [0.1, 0.15) is 31.5 Å². The van der Waals surface area contributed by atoms with Crippen molar-refractivity contribution in [2.45, 2.75) is 51.4 Å². The lowest BCUT2D eigenvalue weighted by Crippen LogP contribution is -2.53. The predicted octanol–water partition coefficient (Wildman–Crippen LogP) is 1.43. The summed E-state index contributed by atoms with van der Waals surface area (Å²) in [5, 5.41) is 3.50. The maximum atomic E-state index is 5.92. The molecular formula is C18H31N5O2. The molecule has 0 saturated carbocycles. The van der Waals surface area contributed by atoms with Crippen LogP contribution in [0.5, 0.6) is 0 Å². The molecule has 2 saturated heterocycles. The molecule has 3 heterocycles. The third kappa shape index (κ3) is 4.95.